The van der Waals surface area contributed by atoms with Gasteiger partial charge in [-0.05, 0) is 12.8 Å². The zero-order valence-electron chi connectivity index (χ0n) is 27.6. The van der Waals surface area contributed by atoms with Gasteiger partial charge in [0.15, 0.2) is 6.10 Å². The predicted octanol–water partition coefficient (Wildman–Crippen LogP) is 10.8. The van der Waals surface area contributed by atoms with E-state index in [0.29, 0.717) is 12.8 Å². The van der Waals surface area contributed by atoms with Crippen LogP contribution in [0.1, 0.15) is 200 Å². The van der Waals surface area contributed by atoms with Gasteiger partial charge in [-0.15, -0.1) is 0 Å². The van der Waals surface area contributed by atoms with Crippen LogP contribution in [0.4, 0.5) is 0 Å². The maximum Gasteiger partial charge on any atom is 0.306 e. The molecule has 0 heterocycles. The van der Waals surface area contributed by atoms with Crippen molar-refractivity contribution in [2.45, 2.75) is 206 Å². The molecule has 0 aliphatic heterocycles. The molecule has 5 heteroatoms. The van der Waals surface area contributed by atoms with Gasteiger partial charge >= 0.3 is 11.9 Å². The van der Waals surface area contributed by atoms with Gasteiger partial charge in [-0.1, -0.05) is 174 Å². The number of aliphatic hydroxyl groups is 1. The molecule has 1 unspecified atom stereocenters. The molecule has 0 aromatic carbocycles. The van der Waals surface area contributed by atoms with E-state index in [9.17, 15) is 14.7 Å². The standard InChI is InChI=1S/C36H70O5/c1-3-5-7-9-11-13-15-17-19-21-23-25-27-29-31-36(39)41-34(32-37)33-40-35(38)30-28-26-24-22-20-18-16-14-12-10-8-6-4-2/h34,37H,3-33H2,1-2H3. The normalized spacial score (nSPS) is 12.0. The van der Waals surface area contributed by atoms with E-state index in [4.69, 9.17) is 9.47 Å². The molecular weight excluding hydrogens is 512 g/mol. The molecule has 0 radical (unpaired) electrons. The Balaban J connectivity index is 3.52. The third kappa shape index (κ3) is 31.7. The second-order valence-electron chi connectivity index (χ2n) is 12.3. The highest BCUT2D eigenvalue weighted by Crippen LogP contribution is 2.15. The molecule has 0 bridgehead atoms. The van der Waals surface area contributed by atoms with Gasteiger partial charge in [0.25, 0.3) is 0 Å². The highest BCUT2D eigenvalue weighted by atomic mass is 16.6. The quantitative estimate of drug-likeness (QED) is 0.0615. The lowest BCUT2D eigenvalue weighted by atomic mass is 10.0. The molecular formula is C36H70O5. The van der Waals surface area contributed by atoms with Crippen LogP contribution in [-0.2, 0) is 19.1 Å². The molecule has 0 aromatic rings. The van der Waals surface area contributed by atoms with Crippen LogP contribution in [0.25, 0.3) is 0 Å². The number of ether oxygens (including phenoxy) is 2. The zero-order chi connectivity index (χ0) is 30.1. The lowest BCUT2D eigenvalue weighted by Crippen LogP contribution is -2.28. The lowest BCUT2D eigenvalue weighted by Gasteiger charge is -2.15. The fourth-order valence-electron chi connectivity index (χ4n) is 5.38. The molecule has 0 saturated heterocycles. The van der Waals surface area contributed by atoms with Gasteiger partial charge in [0.2, 0.25) is 0 Å². The second-order valence-corrected chi connectivity index (χ2v) is 12.3. The van der Waals surface area contributed by atoms with Gasteiger partial charge in [-0.25, -0.2) is 0 Å². The first-order valence-corrected chi connectivity index (χ1v) is 18.1. The first kappa shape index (κ1) is 39.9. The third-order valence-corrected chi connectivity index (χ3v) is 8.15. The van der Waals surface area contributed by atoms with Crippen molar-refractivity contribution in [3.05, 3.63) is 0 Å². The Bertz CT molecular complexity index is 550. The topological polar surface area (TPSA) is 72.8 Å². The first-order chi connectivity index (χ1) is 20.1. The Morgan fingerprint density at radius 3 is 1.07 bits per heavy atom. The van der Waals surface area contributed by atoms with Crippen LogP contribution in [-0.4, -0.2) is 36.4 Å². The fraction of sp³-hybridized carbons (Fsp3) is 0.944. The average Bonchev–Trinajstić information content (AvgIpc) is 2.97. The number of hydrogen-bond donors (Lipinski definition) is 1. The van der Waals surface area contributed by atoms with E-state index in [2.05, 4.69) is 13.8 Å². The Kier molecular flexibility index (Phi) is 32.5. The average molecular weight is 583 g/mol. The molecule has 0 fully saturated rings. The van der Waals surface area contributed by atoms with Gasteiger partial charge in [0.05, 0.1) is 6.61 Å². The van der Waals surface area contributed by atoms with E-state index in [0.717, 1.165) is 32.1 Å². The van der Waals surface area contributed by atoms with Gasteiger partial charge in [-0.2, -0.15) is 0 Å². The Hall–Kier alpha value is -1.10. The van der Waals surface area contributed by atoms with Crippen molar-refractivity contribution in [1.29, 1.82) is 0 Å². The molecule has 0 saturated carbocycles. The number of carbonyl (C=O) groups excluding carboxylic acids is 2. The van der Waals surface area contributed by atoms with Gasteiger partial charge in [0.1, 0.15) is 6.61 Å². The van der Waals surface area contributed by atoms with Crippen LogP contribution < -0.4 is 0 Å². The second kappa shape index (κ2) is 33.4. The van der Waals surface area contributed by atoms with Gasteiger partial charge in [-0.3, -0.25) is 9.59 Å². The summed E-state index contributed by atoms with van der Waals surface area (Å²) in [7, 11) is 0. The van der Waals surface area contributed by atoms with Crippen molar-refractivity contribution in [1.82, 2.24) is 0 Å². The largest absolute Gasteiger partial charge is 0.462 e. The van der Waals surface area contributed by atoms with E-state index in [-0.39, 0.29) is 25.2 Å². The maximum atomic E-state index is 12.1. The minimum absolute atomic E-state index is 0.0573. The molecule has 0 rings (SSSR count). The van der Waals surface area contributed by atoms with Crippen LogP contribution in [0.5, 0.6) is 0 Å². The summed E-state index contributed by atoms with van der Waals surface area (Å²) < 4.78 is 10.6. The molecule has 5 nitrogen and oxygen atoms in total. The van der Waals surface area contributed by atoms with Crippen molar-refractivity contribution < 1.29 is 24.2 Å². The van der Waals surface area contributed by atoms with Crippen molar-refractivity contribution in [3.8, 4) is 0 Å². The Morgan fingerprint density at radius 2 is 0.756 bits per heavy atom. The zero-order valence-corrected chi connectivity index (χ0v) is 27.6. The molecule has 41 heavy (non-hydrogen) atoms. The Labute approximate surface area is 255 Å². The summed E-state index contributed by atoms with van der Waals surface area (Å²) in [4.78, 5) is 24.1. The summed E-state index contributed by atoms with van der Waals surface area (Å²) >= 11 is 0. The van der Waals surface area contributed by atoms with Crippen molar-refractivity contribution >= 4 is 11.9 Å². The monoisotopic (exact) mass is 583 g/mol. The molecule has 0 amide bonds. The predicted molar refractivity (Wildman–Crippen MR) is 173 cm³/mol. The SMILES string of the molecule is CCCCCCCCCCCCCCCCC(=O)OC(CO)COC(=O)CCCCCCCCCCCCCCC. The van der Waals surface area contributed by atoms with Crippen molar-refractivity contribution in [2.75, 3.05) is 13.2 Å². The molecule has 0 spiro atoms. The van der Waals surface area contributed by atoms with Crippen LogP contribution >= 0.6 is 0 Å². The first-order valence-electron chi connectivity index (χ1n) is 18.1. The lowest BCUT2D eigenvalue weighted by molar-refractivity contribution is -0.161. The van der Waals surface area contributed by atoms with E-state index in [1.165, 1.54) is 141 Å². The molecule has 0 aliphatic carbocycles. The van der Waals surface area contributed by atoms with Crippen LogP contribution in [0.2, 0.25) is 0 Å². The summed E-state index contributed by atoms with van der Waals surface area (Å²) in [6.07, 6.45) is 34.4. The molecule has 1 atom stereocenters. The van der Waals surface area contributed by atoms with Crippen molar-refractivity contribution in [3.63, 3.8) is 0 Å². The highest BCUT2D eigenvalue weighted by molar-refractivity contribution is 5.70. The summed E-state index contributed by atoms with van der Waals surface area (Å²) in [5, 5.41) is 9.51. The number of hydrogen-bond acceptors (Lipinski definition) is 5. The number of carbonyl (C=O) groups is 2. The van der Waals surface area contributed by atoms with Gasteiger partial charge < -0.3 is 14.6 Å². The summed E-state index contributed by atoms with van der Waals surface area (Å²) in [6.45, 7) is 4.15. The van der Waals surface area contributed by atoms with Crippen molar-refractivity contribution in [2.24, 2.45) is 0 Å². The van der Waals surface area contributed by atoms with E-state index in [1.807, 2.05) is 0 Å². The van der Waals surface area contributed by atoms with E-state index >= 15 is 0 Å². The maximum absolute atomic E-state index is 12.1. The number of unbranched alkanes of at least 4 members (excludes halogenated alkanes) is 25. The third-order valence-electron chi connectivity index (χ3n) is 8.15. The van der Waals surface area contributed by atoms with Crippen LogP contribution in [0, 0.1) is 0 Å². The molecule has 244 valence electrons. The minimum Gasteiger partial charge on any atom is -0.462 e. The Morgan fingerprint density at radius 1 is 0.463 bits per heavy atom. The van der Waals surface area contributed by atoms with Gasteiger partial charge in [0, 0.05) is 12.8 Å². The van der Waals surface area contributed by atoms with E-state index in [1.54, 1.807) is 0 Å². The molecule has 1 N–H and O–H groups in total. The highest BCUT2D eigenvalue weighted by Gasteiger charge is 2.16. The summed E-state index contributed by atoms with van der Waals surface area (Å²) in [5.74, 6) is -0.579. The molecule has 0 aromatic heterocycles. The van der Waals surface area contributed by atoms with Crippen LogP contribution in [0.3, 0.4) is 0 Å². The molecule has 0 aliphatic rings. The summed E-state index contributed by atoms with van der Waals surface area (Å²) in [5.41, 5.74) is 0. The number of aliphatic hydroxyl groups excluding tert-OH is 1. The number of esters is 2. The smallest absolute Gasteiger partial charge is 0.306 e. The summed E-state index contributed by atoms with van der Waals surface area (Å²) in [6, 6.07) is 0. The minimum atomic E-state index is -0.760. The van der Waals surface area contributed by atoms with Crippen LogP contribution in [0.15, 0.2) is 0 Å². The fourth-order valence-corrected chi connectivity index (χ4v) is 5.38. The van der Waals surface area contributed by atoms with E-state index < -0.39 is 6.10 Å². The number of rotatable bonds is 33.